The lowest BCUT2D eigenvalue weighted by atomic mass is 10.0. The van der Waals surface area contributed by atoms with Gasteiger partial charge in [0.2, 0.25) is 10.0 Å². The first kappa shape index (κ1) is 15.4. The maximum absolute atomic E-state index is 12.5. The summed E-state index contributed by atoms with van der Waals surface area (Å²) in [5, 5.41) is 8.35. The van der Waals surface area contributed by atoms with Crippen LogP contribution in [-0.4, -0.2) is 44.8 Å². The summed E-state index contributed by atoms with van der Waals surface area (Å²) < 4.78 is 31.3. The largest absolute Gasteiger partial charge is 0.383 e. The molecule has 0 saturated heterocycles. The van der Waals surface area contributed by atoms with Gasteiger partial charge in [-0.2, -0.15) is 9.57 Å². The van der Waals surface area contributed by atoms with Crippen LogP contribution in [0.25, 0.3) is 0 Å². The van der Waals surface area contributed by atoms with E-state index in [1.165, 1.54) is 4.31 Å². The van der Waals surface area contributed by atoms with Gasteiger partial charge in [-0.1, -0.05) is 19.3 Å². The topological polar surface area (TPSA) is 70.4 Å². The van der Waals surface area contributed by atoms with Gasteiger partial charge in [0.25, 0.3) is 0 Å². The molecule has 18 heavy (non-hydrogen) atoms. The minimum absolute atomic E-state index is 0.232. The third-order valence-electron chi connectivity index (χ3n) is 3.35. The Labute approximate surface area is 110 Å². The lowest BCUT2D eigenvalue weighted by molar-refractivity contribution is 0.179. The van der Waals surface area contributed by atoms with Crippen LogP contribution in [0.4, 0.5) is 0 Å². The first-order chi connectivity index (χ1) is 8.62. The van der Waals surface area contributed by atoms with E-state index < -0.39 is 10.0 Å². The highest BCUT2D eigenvalue weighted by Crippen LogP contribution is 2.26. The van der Waals surface area contributed by atoms with Crippen LogP contribution in [0.1, 0.15) is 38.5 Å². The van der Waals surface area contributed by atoms with E-state index >= 15 is 0 Å². The van der Waals surface area contributed by atoms with Gasteiger partial charge in [0.1, 0.15) is 0 Å². The van der Waals surface area contributed by atoms with Crippen LogP contribution in [0.5, 0.6) is 0 Å². The van der Waals surface area contributed by atoms with Crippen molar-refractivity contribution in [2.75, 3.05) is 26.8 Å². The molecule has 0 aromatic heterocycles. The van der Waals surface area contributed by atoms with Gasteiger partial charge in [-0.3, -0.25) is 0 Å². The highest BCUT2D eigenvalue weighted by molar-refractivity contribution is 7.89. The second-order valence-corrected chi connectivity index (χ2v) is 6.82. The van der Waals surface area contributed by atoms with E-state index in [-0.39, 0.29) is 18.2 Å². The molecule has 0 aliphatic heterocycles. The Hall–Kier alpha value is -0.640. The zero-order valence-electron chi connectivity index (χ0n) is 11.0. The number of nitriles is 1. The first-order valence-corrected chi connectivity index (χ1v) is 7.98. The van der Waals surface area contributed by atoms with E-state index in [2.05, 4.69) is 0 Å². The summed E-state index contributed by atoms with van der Waals surface area (Å²) in [7, 11) is -1.72. The second-order valence-electron chi connectivity index (χ2n) is 4.60. The Kier molecular flexibility index (Phi) is 6.61. The van der Waals surface area contributed by atoms with Crippen molar-refractivity contribution < 1.29 is 13.2 Å². The van der Waals surface area contributed by atoms with Crippen molar-refractivity contribution in [3.05, 3.63) is 0 Å². The fraction of sp³-hybridized carbons (Fsp3) is 0.917. The molecule has 104 valence electrons. The van der Waals surface area contributed by atoms with Gasteiger partial charge in [0.15, 0.2) is 0 Å². The quantitative estimate of drug-likeness (QED) is 0.705. The molecule has 0 bridgehead atoms. The summed E-state index contributed by atoms with van der Waals surface area (Å²) in [6.07, 6.45) is 4.83. The van der Waals surface area contributed by atoms with E-state index in [1.54, 1.807) is 7.11 Å². The Morgan fingerprint density at radius 1 is 1.28 bits per heavy atom. The van der Waals surface area contributed by atoms with Crippen LogP contribution in [0.2, 0.25) is 0 Å². The van der Waals surface area contributed by atoms with Gasteiger partial charge in [-0.15, -0.1) is 0 Å². The molecule has 0 unspecified atom stereocenters. The lowest BCUT2D eigenvalue weighted by Crippen LogP contribution is -2.41. The van der Waals surface area contributed by atoms with Crippen molar-refractivity contribution in [2.45, 2.75) is 43.8 Å². The summed E-state index contributed by atoms with van der Waals surface area (Å²) in [5.41, 5.74) is 0. The Balaban J connectivity index is 2.70. The Morgan fingerprint density at radius 2 is 1.94 bits per heavy atom. The van der Waals surface area contributed by atoms with E-state index in [0.717, 1.165) is 32.1 Å². The molecule has 5 nitrogen and oxygen atoms in total. The van der Waals surface area contributed by atoms with Gasteiger partial charge >= 0.3 is 0 Å². The average Bonchev–Trinajstić information content (AvgIpc) is 2.39. The number of ether oxygens (including phenoxy) is 1. The Bertz CT molecular complexity index is 369. The van der Waals surface area contributed by atoms with Crippen LogP contribution in [-0.2, 0) is 14.8 Å². The molecule has 1 saturated carbocycles. The standard InChI is InChI=1S/C12H22N2O3S/c1-17-11-10-14(9-5-8-13)18(15,16)12-6-3-2-4-7-12/h12H,2-7,9-11H2,1H3. The van der Waals surface area contributed by atoms with E-state index in [4.69, 9.17) is 10.00 Å². The molecule has 6 heteroatoms. The SMILES string of the molecule is COCCN(CCC#N)S(=O)(=O)C1CCCCC1. The second kappa shape index (κ2) is 7.72. The minimum Gasteiger partial charge on any atom is -0.383 e. The first-order valence-electron chi connectivity index (χ1n) is 6.47. The number of nitrogens with zero attached hydrogens (tertiary/aromatic N) is 2. The lowest BCUT2D eigenvalue weighted by Gasteiger charge is -2.29. The monoisotopic (exact) mass is 274 g/mol. The molecule has 0 atom stereocenters. The molecular formula is C12H22N2O3S. The van der Waals surface area contributed by atoms with Gasteiger partial charge in [0.05, 0.1) is 17.9 Å². The van der Waals surface area contributed by atoms with Crippen LogP contribution in [0.15, 0.2) is 0 Å². The maximum Gasteiger partial charge on any atom is 0.217 e. The molecule has 1 aliphatic rings. The van der Waals surface area contributed by atoms with Crippen molar-refractivity contribution in [1.29, 1.82) is 5.26 Å². The molecule has 0 spiro atoms. The smallest absolute Gasteiger partial charge is 0.217 e. The van der Waals surface area contributed by atoms with Crippen LogP contribution in [0.3, 0.4) is 0 Å². The zero-order chi connectivity index (χ0) is 13.4. The van der Waals surface area contributed by atoms with Crippen molar-refractivity contribution in [1.82, 2.24) is 4.31 Å². The molecule has 0 radical (unpaired) electrons. The van der Waals surface area contributed by atoms with Crippen molar-refractivity contribution in [3.63, 3.8) is 0 Å². The van der Waals surface area contributed by atoms with Gasteiger partial charge in [-0.05, 0) is 12.8 Å². The van der Waals surface area contributed by atoms with E-state index in [1.807, 2.05) is 6.07 Å². The van der Waals surface area contributed by atoms with Crippen LogP contribution in [0, 0.1) is 11.3 Å². The highest BCUT2D eigenvalue weighted by Gasteiger charge is 2.32. The van der Waals surface area contributed by atoms with Crippen molar-refractivity contribution >= 4 is 10.0 Å². The van der Waals surface area contributed by atoms with Crippen molar-refractivity contribution in [2.24, 2.45) is 0 Å². The molecule has 0 aromatic carbocycles. The van der Waals surface area contributed by atoms with E-state index in [9.17, 15) is 8.42 Å². The maximum atomic E-state index is 12.5. The highest BCUT2D eigenvalue weighted by atomic mass is 32.2. The summed E-state index contributed by atoms with van der Waals surface area (Å²) in [6.45, 7) is 0.993. The number of methoxy groups -OCH3 is 1. The fourth-order valence-corrected chi connectivity index (χ4v) is 4.33. The van der Waals surface area contributed by atoms with Crippen LogP contribution < -0.4 is 0 Å². The summed E-state index contributed by atoms with van der Waals surface area (Å²) in [4.78, 5) is 0. The van der Waals surface area contributed by atoms with Gasteiger partial charge < -0.3 is 4.74 Å². The molecule has 0 N–H and O–H groups in total. The summed E-state index contributed by atoms with van der Waals surface area (Å²) in [6, 6.07) is 2.00. The predicted molar refractivity (Wildman–Crippen MR) is 69.5 cm³/mol. The Morgan fingerprint density at radius 3 is 2.50 bits per heavy atom. The molecule has 1 rings (SSSR count). The third-order valence-corrected chi connectivity index (χ3v) is 5.75. The minimum atomic E-state index is -3.27. The average molecular weight is 274 g/mol. The number of sulfonamides is 1. The van der Waals surface area contributed by atoms with E-state index in [0.29, 0.717) is 13.2 Å². The zero-order valence-corrected chi connectivity index (χ0v) is 11.8. The number of hydrogen-bond donors (Lipinski definition) is 0. The van der Waals surface area contributed by atoms with Crippen molar-refractivity contribution in [3.8, 4) is 6.07 Å². The summed E-state index contributed by atoms with van der Waals surface area (Å²) >= 11 is 0. The van der Waals surface area contributed by atoms with Crippen LogP contribution >= 0.6 is 0 Å². The van der Waals surface area contributed by atoms with Gasteiger partial charge in [-0.25, -0.2) is 8.42 Å². The molecule has 0 aromatic rings. The predicted octanol–water partition coefficient (Wildman–Crippen LogP) is 1.51. The molecular weight excluding hydrogens is 252 g/mol. The third kappa shape index (κ3) is 4.23. The molecule has 0 amide bonds. The molecule has 1 fully saturated rings. The number of hydrogen-bond acceptors (Lipinski definition) is 4. The number of rotatable bonds is 7. The van der Waals surface area contributed by atoms with Gasteiger partial charge in [0, 0.05) is 26.6 Å². The molecule has 0 heterocycles. The molecule has 1 aliphatic carbocycles. The summed E-state index contributed by atoms with van der Waals surface area (Å²) in [5.74, 6) is 0. The fourth-order valence-electron chi connectivity index (χ4n) is 2.31. The normalized spacial score (nSPS) is 17.8.